The van der Waals surface area contributed by atoms with Crippen LogP contribution >= 0.6 is 0 Å². The van der Waals surface area contributed by atoms with E-state index in [-0.39, 0.29) is 0 Å². The van der Waals surface area contributed by atoms with E-state index in [1.54, 1.807) is 0 Å². The molecule has 0 aliphatic rings. The highest BCUT2D eigenvalue weighted by Crippen LogP contribution is 2.41. The van der Waals surface area contributed by atoms with Crippen LogP contribution in [-0.2, 0) is 0 Å². The van der Waals surface area contributed by atoms with Crippen molar-refractivity contribution in [1.29, 1.82) is 0 Å². The molecule has 0 radical (unpaired) electrons. The molecule has 6 heteroatoms. The van der Waals surface area contributed by atoms with Gasteiger partial charge in [-0.1, -0.05) is 152 Å². The molecule has 0 fully saturated rings. The minimum atomic E-state index is 0.463. The Hall–Kier alpha value is -8.48. The third kappa shape index (κ3) is 5.37. The van der Waals surface area contributed by atoms with Crippen molar-refractivity contribution in [3.8, 4) is 51.1 Å². The fourth-order valence-electron chi connectivity index (χ4n) is 9.37. The second-order valence-corrected chi connectivity index (χ2v) is 15.8. The predicted molar refractivity (Wildman–Crippen MR) is 254 cm³/mol. The highest BCUT2D eigenvalue weighted by Gasteiger charge is 2.21. The Bertz CT molecular complexity index is 3940. The number of nitrogens with zero attached hydrogens (tertiary/aromatic N) is 5. The van der Waals surface area contributed by atoms with Gasteiger partial charge in [0, 0.05) is 38.1 Å². The predicted octanol–water partition coefficient (Wildman–Crippen LogP) is 14.4. The van der Waals surface area contributed by atoms with E-state index < -0.39 is 0 Å². The van der Waals surface area contributed by atoms with Gasteiger partial charge >= 0.3 is 0 Å². The number of fused-ring (bicyclic) bond motifs is 10. The van der Waals surface area contributed by atoms with Crippen LogP contribution < -0.4 is 0 Å². The van der Waals surface area contributed by atoms with E-state index in [0.29, 0.717) is 28.9 Å². The Kier molecular flexibility index (Phi) is 7.50. The highest BCUT2D eigenvalue weighted by molar-refractivity contribution is 6.17. The minimum Gasteiger partial charge on any atom is -0.438 e. The van der Waals surface area contributed by atoms with Crippen molar-refractivity contribution in [2.24, 2.45) is 0 Å². The zero-order valence-corrected chi connectivity index (χ0v) is 33.2. The number of para-hydroxylation sites is 2. The summed E-state index contributed by atoms with van der Waals surface area (Å²) in [6.07, 6.45) is 0. The Morgan fingerprint density at radius 3 is 1.87 bits per heavy atom. The van der Waals surface area contributed by atoms with Crippen molar-refractivity contribution in [1.82, 2.24) is 24.5 Å². The molecule has 62 heavy (non-hydrogen) atoms. The van der Waals surface area contributed by atoms with Gasteiger partial charge in [-0.3, -0.25) is 0 Å². The maximum atomic E-state index is 6.25. The lowest BCUT2D eigenvalue weighted by Crippen LogP contribution is -2.02. The summed E-state index contributed by atoms with van der Waals surface area (Å²) in [4.78, 5) is 20.7. The van der Waals surface area contributed by atoms with Gasteiger partial charge in [0.25, 0.3) is 0 Å². The standard InChI is InChI=1S/C56H33N5O/c1-2-13-34(14-3-1)43-21-12-23-49-52(43)46-20-8-10-22-48(46)61(49)50-33-39(32-36-16-5-7-18-42(36)50)54-58-53(38-27-28-41-37(31-38)26-25-35-15-4-6-17-40(35)41)59-55(60-54)47-30-29-45-44-19-9-11-24-51(44)62-56(45)57-47/h1-33H. The number of pyridine rings is 1. The molecular formula is C56H33N5O. The third-order valence-electron chi connectivity index (χ3n) is 12.2. The molecule has 0 saturated carbocycles. The van der Waals surface area contributed by atoms with Crippen LogP contribution in [0.5, 0.6) is 0 Å². The van der Waals surface area contributed by atoms with E-state index in [2.05, 4.69) is 174 Å². The first-order chi connectivity index (χ1) is 30.7. The molecule has 6 nitrogen and oxygen atoms in total. The molecule has 4 aromatic heterocycles. The van der Waals surface area contributed by atoms with E-state index in [1.807, 2.05) is 30.3 Å². The molecule has 0 spiro atoms. The lowest BCUT2D eigenvalue weighted by molar-refractivity contribution is 0.654. The van der Waals surface area contributed by atoms with Gasteiger partial charge in [0.15, 0.2) is 17.5 Å². The van der Waals surface area contributed by atoms with Gasteiger partial charge < -0.3 is 8.98 Å². The molecule has 288 valence electrons. The van der Waals surface area contributed by atoms with Crippen molar-refractivity contribution < 1.29 is 4.42 Å². The fraction of sp³-hybridized carbons (Fsp3) is 0. The second kappa shape index (κ2) is 13.5. The first-order valence-corrected chi connectivity index (χ1v) is 20.8. The maximum Gasteiger partial charge on any atom is 0.227 e. The molecule has 0 atom stereocenters. The van der Waals surface area contributed by atoms with Crippen LogP contribution in [0, 0.1) is 0 Å². The largest absolute Gasteiger partial charge is 0.438 e. The third-order valence-corrected chi connectivity index (χ3v) is 12.2. The molecule has 13 rings (SSSR count). The van der Waals surface area contributed by atoms with Crippen LogP contribution in [0.25, 0.3) is 127 Å². The van der Waals surface area contributed by atoms with Gasteiger partial charge in [-0.25, -0.2) is 19.9 Å². The quantitative estimate of drug-likeness (QED) is 0.162. The molecule has 9 aromatic carbocycles. The average Bonchev–Trinajstić information content (AvgIpc) is 3.89. The van der Waals surface area contributed by atoms with Crippen molar-refractivity contribution in [3.05, 3.63) is 200 Å². The smallest absolute Gasteiger partial charge is 0.227 e. The van der Waals surface area contributed by atoms with Crippen LogP contribution in [0.15, 0.2) is 205 Å². The monoisotopic (exact) mass is 791 g/mol. The summed E-state index contributed by atoms with van der Waals surface area (Å²) in [5.41, 5.74) is 9.35. The Morgan fingerprint density at radius 2 is 0.984 bits per heavy atom. The topological polar surface area (TPSA) is 69.6 Å². The SMILES string of the molecule is c1ccc(-c2cccc3c2c2ccccc2n3-c2cc(-c3nc(-c4ccc5c(ccc6ccccc65)c4)nc(-c4ccc5c(n4)oc4ccccc45)n3)cc3ccccc23)cc1. The van der Waals surface area contributed by atoms with Crippen molar-refractivity contribution >= 4 is 76.2 Å². The molecule has 0 aliphatic carbocycles. The molecule has 0 unspecified atom stereocenters. The van der Waals surface area contributed by atoms with Gasteiger partial charge in [-0.2, -0.15) is 0 Å². The molecule has 13 aromatic rings. The molecule has 4 heterocycles. The first kappa shape index (κ1) is 34.4. The number of furan rings is 1. The number of rotatable bonds is 5. The summed E-state index contributed by atoms with van der Waals surface area (Å²) >= 11 is 0. The van der Waals surface area contributed by atoms with E-state index in [9.17, 15) is 0 Å². The van der Waals surface area contributed by atoms with Gasteiger partial charge in [0.05, 0.1) is 16.7 Å². The van der Waals surface area contributed by atoms with E-state index >= 15 is 0 Å². The Balaban J connectivity index is 1.06. The van der Waals surface area contributed by atoms with Gasteiger partial charge in [-0.15, -0.1) is 0 Å². The summed E-state index contributed by atoms with van der Waals surface area (Å²) < 4.78 is 8.65. The zero-order valence-electron chi connectivity index (χ0n) is 33.2. The summed E-state index contributed by atoms with van der Waals surface area (Å²) in [5, 5.41) is 11.3. The average molecular weight is 792 g/mol. The van der Waals surface area contributed by atoms with Gasteiger partial charge in [0.1, 0.15) is 11.3 Å². The lowest BCUT2D eigenvalue weighted by atomic mass is 9.99. The number of hydrogen-bond acceptors (Lipinski definition) is 5. The fourth-order valence-corrected chi connectivity index (χ4v) is 9.37. The Morgan fingerprint density at radius 1 is 0.355 bits per heavy atom. The van der Waals surface area contributed by atoms with E-state index in [4.69, 9.17) is 24.4 Å². The lowest BCUT2D eigenvalue weighted by Gasteiger charge is -2.15. The molecule has 0 bridgehead atoms. The van der Waals surface area contributed by atoms with Crippen LogP contribution in [0.3, 0.4) is 0 Å². The van der Waals surface area contributed by atoms with Crippen molar-refractivity contribution in [2.45, 2.75) is 0 Å². The minimum absolute atomic E-state index is 0.463. The van der Waals surface area contributed by atoms with Crippen molar-refractivity contribution in [3.63, 3.8) is 0 Å². The van der Waals surface area contributed by atoms with Crippen LogP contribution in [-0.4, -0.2) is 24.5 Å². The molecule has 0 aliphatic heterocycles. The van der Waals surface area contributed by atoms with Crippen molar-refractivity contribution in [2.75, 3.05) is 0 Å². The first-order valence-electron chi connectivity index (χ1n) is 20.8. The summed E-state index contributed by atoms with van der Waals surface area (Å²) in [6, 6.07) is 70.3. The number of aromatic nitrogens is 5. The van der Waals surface area contributed by atoms with Gasteiger partial charge in [-0.05, 0) is 86.6 Å². The number of benzene rings is 9. The van der Waals surface area contributed by atoms with Crippen LogP contribution in [0.1, 0.15) is 0 Å². The normalized spacial score (nSPS) is 11.9. The van der Waals surface area contributed by atoms with Crippen LogP contribution in [0.2, 0.25) is 0 Å². The Labute approximate surface area is 355 Å². The van der Waals surface area contributed by atoms with Crippen LogP contribution in [0.4, 0.5) is 0 Å². The molecule has 0 N–H and O–H groups in total. The molecule has 0 amide bonds. The molecular weight excluding hydrogens is 759 g/mol. The summed E-state index contributed by atoms with van der Waals surface area (Å²) in [5.74, 6) is 1.57. The summed E-state index contributed by atoms with van der Waals surface area (Å²) in [6.45, 7) is 0. The highest BCUT2D eigenvalue weighted by atomic mass is 16.3. The molecule has 0 saturated heterocycles. The summed E-state index contributed by atoms with van der Waals surface area (Å²) in [7, 11) is 0. The van der Waals surface area contributed by atoms with E-state index in [1.165, 1.54) is 38.1 Å². The second-order valence-electron chi connectivity index (χ2n) is 15.8. The zero-order chi connectivity index (χ0) is 40.7. The maximum absolute atomic E-state index is 6.25. The number of hydrogen-bond donors (Lipinski definition) is 0. The van der Waals surface area contributed by atoms with Gasteiger partial charge in [0.2, 0.25) is 5.71 Å². The van der Waals surface area contributed by atoms with E-state index in [0.717, 1.165) is 60.4 Å².